The van der Waals surface area contributed by atoms with Crippen LogP contribution in [0.3, 0.4) is 0 Å². The quantitative estimate of drug-likeness (QED) is 0.567. The Balaban J connectivity index is 1.91. The molecule has 7 heteroatoms. The van der Waals surface area contributed by atoms with E-state index in [1.165, 1.54) is 6.92 Å². The summed E-state index contributed by atoms with van der Waals surface area (Å²) in [7, 11) is 0. The van der Waals surface area contributed by atoms with Gasteiger partial charge in [-0.3, -0.25) is 14.8 Å². The molecule has 0 radical (unpaired) electrons. The van der Waals surface area contributed by atoms with E-state index in [1.807, 2.05) is 48.5 Å². The summed E-state index contributed by atoms with van der Waals surface area (Å²) in [5.41, 5.74) is 9.00. The van der Waals surface area contributed by atoms with Gasteiger partial charge in [0.05, 0.1) is 11.0 Å². The molecule has 0 saturated heterocycles. The number of rotatable bonds is 5. The number of nitrogens with one attached hydrogen (secondary N) is 3. The van der Waals surface area contributed by atoms with Crippen LogP contribution in [0.25, 0.3) is 16.9 Å². The molecule has 1 aromatic heterocycles. The number of aromatic nitrogens is 2. The Labute approximate surface area is 150 Å². The fourth-order valence-corrected chi connectivity index (χ4v) is 2.71. The maximum atomic E-state index is 11.4. The predicted molar refractivity (Wildman–Crippen MR) is 103 cm³/mol. The molecule has 0 aliphatic rings. The Morgan fingerprint density at radius 1 is 1.23 bits per heavy atom. The zero-order valence-corrected chi connectivity index (χ0v) is 14.4. The number of amides is 1. The van der Waals surface area contributed by atoms with Crippen molar-refractivity contribution < 1.29 is 4.79 Å². The van der Waals surface area contributed by atoms with Crippen LogP contribution in [0.1, 0.15) is 12.5 Å². The number of para-hydroxylation sites is 3. The summed E-state index contributed by atoms with van der Waals surface area (Å²) in [6, 6.07) is 14.9. The van der Waals surface area contributed by atoms with Crippen molar-refractivity contribution in [3.05, 3.63) is 66.2 Å². The van der Waals surface area contributed by atoms with Crippen LogP contribution in [-0.2, 0) is 11.3 Å². The summed E-state index contributed by atoms with van der Waals surface area (Å²) in [6.07, 6.45) is 0. The van der Waals surface area contributed by atoms with Crippen molar-refractivity contribution in [1.29, 1.82) is 5.41 Å². The monoisotopic (exact) mass is 348 g/mol. The van der Waals surface area contributed by atoms with Gasteiger partial charge in [-0.2, -0.15) is 0 Å². The molecule has 0 saturated carbocycles. The first-order chi connectivity index (χ1) is 12.5. The standard InChI is InChI=1S/C19H20N6O/c1-12(22-11-14-7-3-4-8-15(14)23-13(2)26)25-17-10-6-5-9-16(17)24-18(20)19(25)21/h3-10,21-22H,1,11H2,2H3,(H2,20,24)(H,23,26). The Kier molecular flexibility index (Phi) is 4.70. The smallest absolute Gasteiger partial charge is 0.221 e. The van der Waals surface area contributed by atoms with Gasteiger partial charge in [0.2, 0.25) is 5.91 Å². The van der Waals surface area contributed by atoms with Crippen molar-refractivity contribution in [2.45, 2.75) is 13.5 Å². The first kappa shape index (κ1) is 17.2. The molecule has 0 aliphatic carbocycles. The van der Waals surface area contributed by atoms with Gasteiger partial charge in [0.15, 0.2) is 11.3 Å². The largest absolute Gasteiger partial charge is 0.381 e. The molecule has 2 aromatic carbocycles. The summed E-state index contributed by atoms with van der Waals surface area (Å²) in [5, 5.41) is 14.3. The van der Waals surface area contributed by atoms with Crippen molar-refractivity contribution in [2.24, 2.45) is 0 Å². The number of hydrogen-bond donors (Lipinski definition) is 4. The van der Waals surface area contributed by atoms with E-state index in [0.717, 1.165) is 16.8 Å². The summed E-state index contributed by atoms with van der Waals surface area (Å²) >= 11 is 0. The highest BCUT2D eigenvalue weighted by atomic mass is 16.1. The third-order valence-electron chi connectivity index (χ3n) is 3.91. The van der Waals surface area contributed by atoms with Gasteiger partial charge in [0.1, 0.15) is 5.82 Å². The van der Waals surface area contributed by atoms with Gasteiger partial charge in [-0.15, -0.1) is 0 Å². The zero-order chi connectivity index (χ0) is 18.7. The minimum atomic E-state index is -0.132. The van der Waals surface area contributed by atoms with E-state index < -0.39 is 0 Å². The SMILES string of the molecule is C=C(NCc1ccccc1NC(C)=O)n1c(=N)c(N)nc2ccccc21. The number of nitrogens with two attached hydrogens (primary N) is 1. The normalized spacial score (nSPS) is 10.5. The van der Waals surface area contributed by atoms with Crippen molar-refractivity contribution in [2.75, 3.05) is 11.1 Å². The van der Waals surface area contributed by atoms with Crippen LogP contribution in [0, 0.1) is 5.41 Å². The maximum absolute atomic E-state index is 11.4. The Bertz CT molecular complexity index is 1050. The van der Waals surface area contributed by atoms with Gasteiger partial charge < -0.3 is 16.4 Å². The molecule has 0 fully saturated rings. The molecule has 0 spiro atoms. The highest BCUT2D eigenvalue weighted by molar-refractivity contribution is 5.89. The molecule has 26 heavy (non-hydrogen) atoms. The lowest BCUT2D eigenvalue weighted by Gasteiger charge is -2.17. The summed E-state index contributed by atoms with van der Waals surface area (Å²) < 4.78 is 1.62. The van der Waals surface area contributed by atoms with Crippen molar-refractivity contribution in [1.82, 2.24) is 14.9 Å². The van der Waals surface area contributed by atoms with Crippen LogP contribution < -0.4 is 21.9 Å². The molecule has 132 valence electrons. The van der Waals surface area contributed by atoms with Gasteiger partial charge in [-0.05, 0) is 23.8 Å². The number of nitrogens with zero attached hydrogens (tertiary/aromatic N) is 2. The molecule has 3 rings (SSSR count). The van der Waals surface area contributed by atoms with E-state index in [2.05, 4.69) is 22.2 Å². The average molecular weight is 348 g/mol. The minimum absolute atomic E-state index is 0.0661. The molecule has 7 nitrogen and oxygen atoms in total. The van der Waals surface area contributed by atoms with Crippen LogP contribution >= 0.6 is 0 Å². The van der Waals surface area contributed by atoms with Crippen LogP contribution in [0.2, 0.25) is 0 Å². The fourth-order valence-electron chi connectivity index (χ4n) is 2.71. The molecule has 0 unspecified atom stereocenters. The highest BCUT2D eigenvalue weighted by Crippen LogP contribution is 2.17. The number of benzene rings is 2. The van der Waals surface area contributed by atoms with Crippen LogP contribution in [0.15, 0.2) is 55.1 Å². The molecule has 3 aromatic rings. The molecule has 1 heterocycles. The van der Waals surface area contributed by atoms with Gasteiger partial charge in [0, 0.05) is 19.2 Å². The Morgan fingerprint density at radius 3 is 2.69 bits per heavy atom. The lowest BCUT2D eigenvalue weighted by atomic mass is 10.1. The van der Waals surface area contributed by atoms with Crippen LogP contribution in [-0.4, -0.2) is 15.5 Å². The first-order valence-corrected chi connectivity index (χ1v) is 8.08. The third-order valence-corrected chi connectivity index (χ3v) is 3.91. The van der Waals surface area contributed by atoms with Gasteiger partial charge in [-0.1, -0.05) is 36.9 Å². The fraction of sp³-hybridized carbons (Fsp3) is 0.105. The van der Waals surface area contributed by atoms with E-state index in [0.29, 0.717) is 17.9 Å². The number of hydrogen-bond acceptors (Lipinski definition) is 5. The van der Waals surface area contributed by atoms with E-state index in [-0.39, 0.29) is 17.2 Å². The average Bonchev–Trinajstić information content (AvgIpc) is 2.61. The number of carbonyl (C=O) groups excluding carboxylic acids is 1. The molecule has 1 amide bonds. The lowest BCUT2D eigenvalue weighted by molar-refractivity contribution is -0.114. The van der Waals surface area contributed by atoms with Gasteiger partial charge in [0.25, 0.3) is 0 Å². The topological polar surface area (TPSA) is 109 Å². The Hall–Kier alpha value is -3.61. The molecular formula is C19H20N6O. The second-order valence-electron chi connectivity index (χ2n) is 5.81. The van der Waals surface area contributed by atoms with E-state index in [9.17, 15) is 4.79 Å². The second-order valence-corrected chi connectivity index (χ2v) is 5.81. The molecule has 0 bridgehead atoms. The van der Waals surface area contributed by atoms with Crippen molar-refractivity contribution in [3.63, 3.8) is 0 Å². The van der Waals surface area contributed by atoms with Crippen molar-refractivity contribution >= 4 is 34.3 Å². The van der Waals surface area contributed by atoms with Gasteiger partial charge >= 0.3 is 0 Å². The minimum Gasteiger partial charge on any atom is -0.381 e. The number of anilines is 2. The number of fused-ring (bicyclic) bond motifs is 1. The van der Waals surface area contributed by atoms with E-state index >= 15 is 0 Å². The van der Waals surface area contributed by atoms with E-state index in [1.54, 1.807) is 4.57 Å². The number of carbonyl (C=O) groups is 1. The number of nitrogen functional groups attached to an aromatic ring is 1. The predicted octanol–water partition coefficient (Wildman–Crippen LogP) is 2.27. The van der Waals surface area contributed by atoms with Crippen molar-refractivity contribution in [3.8, 4) is 0 Å². The summed E-state index contributed by atoms with van der Waals surface area (Å²) in [5.74, 6) is 0.496. The highest BCUT2D eigenvalue weighted by Gasteiger charge is 2.09. The third kappa shape index (κ3) is 3.41. The summed E-state index contributed by atoms with van der Waals surface area (Å²) in [4.78, 5) is 15.6. The van der Waals surface area contributed by atoms with E-state index in [4.69, 9.17) is 11.1 Å². The molecule has 0 aliphatic heterocycles. The zero-order valence-electron chi connectivity index (χ0n) is 14.4. The Morgan fingerprint density at radius 2 is 1.92 bits per heavy atom. The first-order valence-electron chi connectivity index (χ1n) is 8.08. The second kappa shape index (κ2) is 7.10. The maximum Gasteiger partial charge on any atom is 0.221 e. The molecular weight excluding hydrogens is 328 g/mol. The van der Waals surface area contributed by atoms with Gasteiger partial charge in [-0.25, -0.2) is 4.98 Å². The van der Waals surface area contributed by atoms with Crippen LogP contribution in [0.4, 0.5) is 11.5 Å². The summed E-state index contributed by atoms with van der Waals surface area (Å²) in [6.45, 7) is 5.94. The molecule has 0 atom stereocenters. The van der Waals surface area contributed by atoms with Crippen LogP contribution in [0.5, 0.6) is 0 Å². The molecule has 5 N–H and O–H groups in total. The lowest BCUT2D eigenvalue weighted by Crippen LogP contribution is -2.29.